The fraction of sp³-hybridized carbons (Fsp3) is 0.684. The van der Waals surface area contributed by atoms with E-state index in [9.17, 15) is 17.2 Å². The number of piperidine rings is 1. The van der Waals surface area contributed by atoms with E-state index < -0.39 is 27.9 Å². The predicted molar refractivity (Wildman–Crippen MR) is 95.6 cm³/mol. The minimum Gasteiger partial charge on any atom is -0.207 e. The summed E-state index contributed by atoms with van der Waals surface area (Å²) in [6, 6.07) is 2.68. The Balaban J connectivity index is 1.57. The molecule has 1 saturated carbocycles. The van der Waals surface area contributed by atoms with Gasteiger partial charge >= 0.3 is 0 Å². The van der Waals surface area contributed by atoms with Crippen molar-refractivity contribution in [2.24, 2.45) is 11.8 Å². The van der Waals surface area contributed by atoms with Gasteiger partial charge < -0.3 is 0 Å². The van der Waals surface area contributed by atoms with Gasteiger partial charge in [0, 0.05) is 25.2 Å². The van der Waals surface area contributed by atoms with Gasteiger partial charge in [-0.2, -0.15) is 17.0 Å². The van der Waals surface area contributed by atoms with E-state index in [0.29, 0.717) is 44.3 Å². The van der Waals surface area contributed by atoms with E-state index >= 15 is 0 Å². The van der Waals surface area contributed by atoms with Crippen LogP contribution in [-0.4, -0.2) is 36.7 Å². The zero-order chi connectivity index (χ0) is 18.3. The van der Waals surface area contributed by atoms with Gasteiger partial charge in [-0.15, -0.1) is 0 Å². The molecule has 3 fully saturated rings. The van der Waals surface area contributed by atoms with Crippen molar-refractivity contribution in [3.8, 4) is 0 Å². The molecule has 144 valence electrons. The zero-order valence-corrected chi connectivity index (χ0v) is 15.7. The lowest BCUT2D eigenvalue weighted by Crippen LogP contribution is -2.50. The van der Waals surface area contributed by atoms with Crippen LogP contribution in [0.3, 0.4) is 0 Å². The summed E-state index contributed by atoms with van der Waals surface area (Å²) in [6.07, 6.45) is 6.84. The van der Waals surface area contributed by atoms with E-state index in [2.05, 4.69) is 0 Å². The summed E-state index contributed by atoms with van der Waals surface area (Å²) in [6.45, 7) is 1.48. The fourth-order valence-corrected chi connectivity index (χ4v) is 6.94. The van der Waals surface area contributed by atoms with E-state index in [-0.39, 0.29) is 5.56 Å². The molecular formula is C19H26F2N2O2S. The Morgan fingerprint density at radius 2 is 1.69 bits per heavy atom. The highest BCUT2D eigenvalue weighted by Crippen LogP contribution is 2.40. The molecule has 0 aromatic heterocycles. The van der Waals surface area contributed by atoms with Crippen LogP contribution in [0.1, 0.15) is 56.6 Å². The molecule has 4 nitrogen and oxygen atoms in total. The van der Waals surface area contributed by atoms with Crippen molar-refractivity contribution in [3.63, 3.8) is 0 Å². The van der Waals surface area contributed by atoms with Gasteiger partial charge in [-0.25, -0.2) is 8.78 Å². The largest absolute Gasteiger partial charge is 0.282 e. The van der Waals surface area contributed by atoms with Crippen LogP contribution in [0.5, 0.6) is 0 Å². The summed E-state index contributed by atoms with van der Waals surface area (Å²) in [7, 11) is -3.66. The smallest absolute Gasteiger partial charge is 0.207 e. The van der Waals surface area contributed by atoms with Crippen molar-refractivity contribution in [1.29, 1.82) is 0 Å². The van der Waals surface area contributed by atoms with Crippen LogP contribution in [0.4, 0.5) is 8.78 Å². The molecule has 26 heavy (non-hydrogen) atoms. The maximum atomic E-state index is 14.2. The summed E-state index contributed by atoms with van der Waals surface area (Å²) in [5, 5.41) is 0. The number of fused-ring (bicyclic) bond motifs is 1. The number of halogens is 2. The summed E-state index contributed by atoms with van der Waals surface area (Å²) >= 11 is 0. The molecule has 0 N–H and O–H groups in total. The Hall–Kier alpha value is -1.05. The highest BCUT2D eigenvalue weighted by Gasteiger charge is 2.43. The highest BCUT2D eigenvalue weighted by atomic mass is 32.2. The number of hydrogen-bond donors (Lipinski definition) is 0. The van der Waals surface area contributed by atoms with Crippen LogP contribution in [0.2, 0.25) is 0 Å². The molecule has 2 heterocycles. The van der Waals surface area contributed by atoms with Crippen LogP contribution in [0.15, 0.2) is 18.2 Å². The third-order valence-electron chi connectivity index (χ3n) is 6.40. The molecule has 0 radical (unpaired) electrons. The van der Waals surface area contributed by atoms with E-state index in [1.165, 1.54) is 23.6 Å². The lowest BCUT2D eigenvalue weighted by atomic mass is 9.76. The van der Waals surface area contributed by atoms with Gasteiger partial charge in [-0.05, 0) is 55.7 Å². The van der Waals surface area contributed by atoms with Crippen LogP contribution >= 0.6 is 0 Å². The maximum absolute atomic E-state index is 14.2. The molecule has 2 aliphatic heterocycles. The number of hydrogen-bond acceptors (Lipinski definition) is 2. The first kappa shape index (κ1) is 18.3. The molecule has 0 spiro atoms. The Labute approximate surface area is 154 Å². The highest BCUT2D eigenvalue weighted by molar-refractivity contribution is 7.86. The third-order valence-corrected chi connectivity index (χ3v) is 8.41. The van der Waals surface area contributed by atoms with Crippen LogP contribution in [0, 0.1) is 23.5 Å². The van der Waals surface area contributed by atoms with Crippen molar-refractivity contribution < 1.29 is 17.2 Å². The minimum atomic E-state index is -3.66. The van der Waals surface area contributed by atoms with E-state index in [1.54, 1.807) is 4.31 Å². The molecule has 1 aromatic rings. The van der Waals surface area contributed by atoms with Crippen LogP contribution < -0.4 is 0 Å². The van der Waals surface area contributed by atoms with Crippen LogP contribution in [-0.2, 0) is 10.2 Å². The second-order valence-corrected chi connectivity index (χ2v) is 9.77. The first-order chi connectivity index (χ1) is 12.5. The van der Waals surface area contributed by atoms with E-state index in [0.717, 1.165) is 31.0 Å². The van der Waals surface area contributed by atoms with Crippen LogP contribution in [0.25, 0.3) is 0 Å². The Bertz CT molecular complexity index is 771. The van der Waals surface area contributed by atoms with Gasteiger partial charge in [-0.1, -0.05) is 19.3 Å². The van der Waals surface area contributed by atoms with Gasteiger partial charge in [0.1, 0.15) is 11.6 Å². The number of benzene rings is 1. The molecule has 4 rings (SSSR count). The summed E-state index contributed by atoms with van der Waals surface area (Å²) in [4.78, 5) is 0. The summed E-state index contributed by atoms with van der Waals surface area (Å²) < 4.78 is 57.4. The molecule has 0 bridgehead atoms. The molecule has 3 atom stereocenters. The lowest BCUT2D eigenvalue weighted by Gasteiger charge is -2.42. The number of nitrogens with zero attached hydrogens (tertiary/aromatic N) is 2. The normalized spacial score (nSPS) is 31.1. The Morgan fingerprint density at radius 1 is 0.923 bits per heavy atom. The van der Waals surface area contributed by atoms with Crippen molar-refractivity contribution in [2.75, 3.05) is 19.6 Å². The van der Waals surface area contributed by atoms with Gasteiger partial charge in [0.05, 0.1) is 6.04 Å². The average Bonchev–Trinajstić information content (AvgIpc) is 3.13. The monoisotopic (exact) mass is 384 g/mol. The molecule has 1 aromatic carbocycles. The summed E-state index contributed by atoms with van der Waals surface area (Å²) in [5.74, 6) is 0.0163. The second-order valence-electron chi connectivity index (χ2n) is 7.89. The predicted octanol–water partition coefficient (Wildman–Crippen LogP) is 3.86. The SMILES string of the molecule is O=S(=O)(N1CCC2CCCCC2C1)N1CCCC1c1cc(F)ccc1F. The molecule has 3 aliphatic rings. The van der Waals surface area contributed by atoms with Gasteiger partial charge in [0.25, 0.3) is 10.2 Å². The molecule has 1 aliphatic carbocycles. The number of rotatable bonds is 3. The average molecular weight is 384 g/mol. The minimum absolute atomic E-state index is 0.152. The van der Waals surface area contributed by atoms with E-state index in [4.69, 9.17) is 0 Å². The van der Waals surface area contributed by atoms with Crippen molar-refractivity contribution in [1.82, 2.24) is 8.61 Å². The van der Waals surface area contributed by atoms with Crippen molar-refractivity contribution >= 4 is 10.2 Å². The quantitative estimate of drug-likeness (QED) is 0.794. The standard InChI is InChI=1S/C19H26F2N2O2S/c20-16-7-8-18(21)17(12-16)19-6-3-10-23(19)26(24,25)22-11-9-14-4-1-2-5-15(14)13-22/h7-8,12,14-15,19H,1-6,9-11,13H2. The molecule has 0 amide bonds. The lowest BCUT2D eigenvalue weighted by molar-refractivity contribution is 0.130. The maximum Gasteiger partial charge on any atom is 0.282 e. The van der Waals surface area contributed by atoms with Crippen molar-refractivity contribution in [2.45, 2.75) is 51.0 Å². The topological polar surface area (TPSA) is 40.6 Å². The van der Waals surface area contributed by atoms with E-state index in [1.807, 2.05) is 0 Å². The molecular weight excluding hydrogens is 358 g/mol. The van der Waals surface area contributed by atoms with Crippen molar-refractivity contribution in [3.05, 3.63) is 35.4 Å². The molecule has 2 saturated heterocycles. The first-order valence-electron chi connectivity index (χ1n) is 9.68. The fourth-order valence-electron chi connectivity index (χ4n) is 5.02. The Kier molecular flexibility index (Phi) is 5.05. The third kappa shape index (κ3) is 3.29. The summed E-state index contributed by atoms with van der Waals surface area (Å²) in [5.41, 5.74) is 0.152. The van der Waals surface area contributed by atoms with Gasteiger partial charge in [-0.3, -0.25) is 0 Å². The molecule has 3 unspecified atom stereocenters. The second kappa shape index (κ2) is 7.17. The van der Waals surface area contributed by atoms with Gasteiger partial charge in [0.15, 0.2) is 0 Å². The Morgan fingerprint density at radius 3 is 2.50 bits per heavy atom. The van der Waals surface area contributed by atoms with Gasteiger partial charge in [0.2, 0.25) is 0 Å². The zero-order valence-electron chi connectivity index (χ0n) is 14.9. The molecule has 7 heteroatoms. The first-order valence-corrected chi connectivity index (χ1v) is 11.1.